The van der Waals surface area contributed by atoms with Crippen molar-refractivity contribution in [2.45, 2.75) is 13.0 Å². The van der Waals surface area contributed by atoms with Gasteiger partial charge in [0.2, 0.25) is 0 Å². The van der Waals surface area contributed by atoms with Gasteiger partial charge in [0, 0.05) is 5.56 Å². The largest absolute Gasteiger partial charge is 0.496 e. The van der Waals surface area contributed by atoms with Crippen molar-refractivity contribution in [3.8, 4) is 5.75 Å². The van der Waals surface area contributed by atoms with Gasteiger partial charge in [-0.05, 0) is 41.1 Å². The van der Waals surface area contributed by atoms with Crippen molar-refractivity contribution in [2.75, 3.05) is 12.4 Å². The van der Waals surface area contributed by atoms with Gasteiger partial charge in [-0.2, -0.15) is 0 Å². The highest BCUT2D eigenvalue weighted by Gasteiger charge is 2.10. The van der Waals surface area contributed by atoms with Crippen LogP contribution in [0.25, 0.3) is 0 Å². The molecule has 3 nitrogen and oxygen atoms in total. The van der Waals surface area contributed by atoms with E-state index in [4.69, 9.17) is 4.74 Å². The molecule has 0 aliphatic heterocycles. The molecule has 0 aliphatic rings. The SMILES string of the molecule is COc1ccccc1C(C)Nc1ccc(Br)nc1. The molecule has 0 bridgehead atoms. The second kappa shape index (κ2) is 5.87. The number of nitrogens with zero attached hydrogens (tertiary/aromatic N) is 1. The Kier molecular flexibility index (Phi) is 4.20. The number of anilines is 1. The van der Waals surface area contributed by atoms with E-state index in [9.17, 15) is 0 Å². The van der Waals surface area contributed by atoms with E-state index in [0.717, 1.165) is 21.6 Å². The molecular formula is C14H15BrN2O. The summed E-state index contributed by atoms with van der Waals surface area (Å²) >= 11 is 3.32. The number of nitrogens with one attached hydrogen (secondary N) is 1. The summed E-state index contributed by atoms with van der Waals surface area (Å²) in [7, 11) is 1.69. The van der Waals surface area contributed by atoms with E-state index in [1.807, 2.05) is 30.3 Å². The summed E-state index contributed by atoms with van der Waals surface area (Å²) in [5, 5.41) is 3.40. The number of benzene rings is 1. The molecule has 0 aliphatic carbocycles. The lowest BCUT2D eigenvalue weighted by atomic mass is 10.1. The van der Waals surface area contributed by atoms with Gasteiger partial charge in [-0.15, -0.1) is 0 Å². The number of aromatic nitrogens is 1. The normalized spacial score (nSPS) is 11.9. The average molecular weight is 307 g/mol. The number of halogens is 1. The van der Waals surface area contributed by atoms with Gasteiger partial charge in [0.25, 0.3) is 0 Å². The summed E-state index contributed by atoms with van der Waals surface area (Å²) in [6.45, 7) is 2.10. The van der Waals surface area contributed by atoms with Gasteiger partial charge in [-0.1, -0.05) is 18.2 Å². The van der Waals surface area contributed by atoms with Crippen molar-refractivity contribution >= 4 is 21.6 Å². The molecule has 0 saturated heterocycles. The van der Waals surface area contributed by atoms with Gasteiger partial charge in [0.15, 0.2) is 0 Å². The summed E-state index contributed by atoms with van der Waals surface area (Å²) in [5.41, 5.74) is 2.11. The Morgan fingerprint density at radius 3 is 2.67 bits per heavy atom. The van der Waals surface area contributed by atoms with Crippen LogP contribution in [0.15, 0.2) is 47.2 Å². The third kappa shape index (κ3) is 3.01. The quantitative estimate of drug-likeness (QED) is 0.866. The minimum absolute atomic E-state index is 0.157. The summed E-state index contributed by atoms with van der Waals surface area (Å²) in [6.07, 6.45) is 1.80. The van der Waals surface area contributed by atoms with Gasteiger partial charge in [0.05, 0.1) is 25.0 Å². The molecule has 1 atom stereocenters. The second-order valence-corrected chi connectivity index (χ2v) is 4.79. The van der Waals surface area contributed by atoms with E-state index in [1.165, 1.54) is 0 Å². The Morgan fingerprint density at radius 2 is 2.00 bits per heavy atom. The first-order valence-corrected chi connectivity index (χ1v) is 6.51. The maximum Gasteiger partial charge on any atom is 0.124 e. The van der Waals surface area contributed by atoms with E-state index in [1.54, 1.807) is 13.3 Å². The minimum Gasteiger partial charge on any atom is -0.496 e. The van der Waals surface area contributed by atoms with Crippen molar-refractivity contribution in [3.63, 3.8) is 0 Å². The van der Waals surface area contributed by atoms with Gasteiger partial charge in [-0.3, -0.25) is 0 Å². The Bertz CT molecular complexity index is 513. The second-order valence-electron chi connectivity index (χ2n) is 3.98. The summed E-state index contributed by atoms with van der Waals surface area (Å²) in [6, 6.07) is 12.1. The van der Waals surface area contributed by atoms with Gasteiger partial charge >= 0.3 is 0 Å². The van der Waals surface area contributed by atoms with Crippen LogP contribution < -0.4 is 10.1 Å². The number of ether oxygens (including phenoxy) is 1. The summed E-state index contributed by atoms with van der Waals surface area (Å²) in [5.74, 6) is 0.891. The lowest BCUT2D eigenvalue weighted by Crippen LogP contribution is -2.08. The van der Waals surface area contributed by atoms with E-state index >= 15 is 0 Å². The molecule has 18 heavy (non-hydrogen) atoms. The molecule has 2 aromatic rings. The monoisotopic (exact) mass is 306 g/mol. The van der Waals surface area contributed by atoms with E-state index < -0.39 is 0 Å². The van der Waals surface area contributed by atoms with E-state index in [0.29, 0.717) is 0 Å². The number of pyridine rings is 1. The van der Waals surface area contributed by atoms with Crippen LogP contribution in [0.3, 0.4) is 0 Å². The zero-order chi connectivity index (χ0) is 13.0. The first kappa shape index (κ1) is 12.9. The molecule has 0 spiro atoms. The topological polar surface area (TPSA) is 34.1 Å². The molecule has 1 unspecified atom stereocenters. The third-order valence-electron chi connectivity index (χ3n) is 2.72. The van der Waals surface area contributed by atoms with Crippen LogP contribution in [0.1, 0.15) is 18.5 Å². The number of para-hydroxylation sites is 1. The van der Waals surface area contributed by atoms with Gasteiger partial charge < -0.3 is 10.1 Å². The molecule has 1 N–H and O–H groups in total. The zero-order valence-electron chi connectivity index (χ0n) is 10.4. The van der Waals surface area contributed by atoms with E-state index in [-0.39, 0.29) is 6.04 Å². The molecule has 0 amide bonds. The van der Waals surface area contributed by atoms with Crippen molar-refractivity contribution in [2.24, 2.45) is 0 Å². The van der Waals surface area contributed by atoms with Crippen molar-refractivity contribution in [3.05, 3.63) is 52.8 Å². The van der Waals surface area contributed by atoms with Gasteiger partial charge in [-0.25, -0.2) is 4.98 Å². The van der Waals surface area contributed by atoms with Crippen LogP contribution in [0.2, 0.25) is 0 Å². The fourth-order valence-electron chi connectivity index (χ4n) is 1.81. The third-order valence-corrected chi connectivity index (χ3v) is 3.19. The first-order chi connectivity index (χ1) is 8.70. The maximum absolute atomic E-state index is 5.36. The lowest BCUT2D eigenvalue weighted by molar-refractivity contribution is 0.408. The predicted octanol–water partition coefficient (Wildman–Crippen LogP) is 4.03. The van der Waals surface area contributed by atoms with Crippen LogP contribution in [-0.2, 0) is 0 Å². The van der Waals surface area contributed by atoms with Crippen LogP contribution in [0, 0.1) is 0 Å². The fourth-order valence-corrected chi connectivity index (χ4v) is 2.05. The van der Waals surface area contributed by atoms with Gasteiger partial charge in [0.1, 0.15) is 10.4 Å². The van der Waals surface area contributed by atoms with Crippen LogP contribution in [-0.4, -0.2) is 12.1 Å². The molecule has 0 radical (unpaired) electrons. The Labute approximate surface area is 115 Å². The maximum atomic E-state index is 5.36. The Hall–Kier alpha value is -1.55. The van der Waals surface area contributed by atoms with Crippen LogP contribution >= 0.6 is 15.9 Å². The number of hydrogen-bond donors (Lipinski definition) is 1. The summed E-state index contributed by atoms with van der Waals surface area (Å²) < 4.78 is 6.19. The molecule has 0 saturated carbocycles. The number of hydrogen-bond acceptors (Lipinski definition) is 3. The van der Waals surface area contributed by atoms with Crippen molar-refractivity contribution in [1.29, 1.82) is 0 Å². The molecule has 94 valence electrons. The first-order valence-electron chi connectivity index (χ1n) is 5.71. The standard InChI is InChI=1S/C14H15BrN2O/c1-10(12-5-3-4-6-13(12)18-2)17-11-7-8-14(15)16-9-11/h3-10,17H,1-2H3. The number of rotatable bonds is 4. The average Bonchev–Trinajstić information content (AvgIpc) is 2.41. The lowest BCUT2D eigenvalue weighted by Gasteiger charge is -2.18. The molecule has 1 aromatic heterocycles. The molecule has 0 fully saturated rings. The zero-order valence-corrected chi connectivity index (χ0v) is 11.9. The molecule has 4 heteroatoms. The smallest absolute Gasteiger partial charge is 0.124 e. The summed E-state index contributed by atoms with van der Waals surface area (Å²) in [4.78, 5) is 4.19. The van der Waals surface area contributed by atoms with Crippen molar-refractivity contribution in [1.82, 2.24) is 4.98 Å². The van der Waals surface area contributed by atoms with Crippen molar-refractivity contribution < 1.29 is 4.74 Å². The van der Waals surface area contributed by atoms with Crippen LogP contribution in [0.4, 0.5) is 5.69 Å². The van der Waals surface area contributed by atoms with E-state index in [2.05, 4.69) is 39.2 Å². The highest BCUT2D eigenvalue weighted by Crippen LogP contribution is 2.27. The Balaban J connectivity index is 2.16. The Morgan fingerprint density at radius 1 is 1.22 bits per heavy atom. The highest BCUT2D eigenvalue weighted by molar-refractivity contribution is 9.10. The molecule has 2 rings (SSSR count). The molecule has 1 aromatic carbocycles. The molecular weight excluding hydrogens is 292 g/mol. The molecule has 1 heterocycles. The fraction of sp³-hybridized carbons (Fsp3) is 0.214. The van der Waals surface area contributed by atoms with Crippen LogP contribution in [0.5, 0.6) is 5.75 Å². The highest BCUT2D eigenvalue weighted by atomic mass is 79.9. The predicted molar refractivity (Wildman–Crippen MR) is 77.0 cm³/mol. The number of methoxy groups -OCH3 is 1. The minimum atomic E-state index is 0.157.